The van der Waals surface area contributed by atoms with Crippen molar-refractivity contribution in [2.75, 3.05) is 0 Å². The Morgan fingerprint density at radius 2 is 2.15 bits per heavy atom. The fourth-order valence-corrected chi connectivity index (χ4v) is 3.25. The number of para-hydroxylation sites is 2. The number of hydrogen-bond acceptors (Lipinski definition) is 6. The van der Waals surface area contributed by atoms with Gasteiger partial charge in [0.15, 0.2) is 17.7 Å². The van der Waals surface area contributed by atoms with Gasteiger partial charge in [-0.1, -0.05) is 12.1 Å². The van der Waals surface area contributed by atoms with Gasteiger partial charge in [-0.25, -0.2) is 9.78 Å². The first-order valence-electron chi connectivity index (χ1n) is 8.21. The fraction of sp³-hybridized carbons (Fsp3) is 0.150. The van der Waals surface area contributed by atoms with E-state index in [2.05, 4.69) is 9.97 Å². The van der Waals surface area contributed by atoms with Gasteiger partial charge in [-0.15, -0.1) is 11.3 Å². The van der Waals surface area contributed by atoms with E-state index in [-0.39, 0.29) is 17.2 Å². The van der Waals surface area contributed by atoms with Gasteiger partial charge in [-0.05, 0) is 44.2 Å². The minimum atomic E-state index is -0.991. The number of aryl methyl sites for hydroxylation is 1. The van der Waals surface area contributed by atoms with Crippen LogP contribution in [-0.4, -0.2) is 27.1 Å². The highest BCUT2D eigenvalue weighted by atomic mass is 32.1. The monoisotopic (exact) mass is 379 g/mol. The van der Waals surface area contributed by atoms with Crippen LogP contribution >= 0.6 is 11.3 Å². The van der Waals surface area contributed by atoms with Crippen molar-refractivity contribution in [2.24, 2.45) is 0 Å². The first-order chi connectivity index (χ1) is 13.0. The van der Waals surface area contributed by atoms with Gasteiger partial charge in [0.25, 0.3) is 0 Å². The number of aromatic amines is 1. The smallest absolute Gasteiger partial charge is 0.331 e. The number of H-pyrrole nitrogens is 1. The van der Waals surface area contributed by atoms with Gasteiger partial charge in [-0.2, -0.15) is 5.26 Å². The Balaban J connectivity index is 1.77. The Kier molecular flexibility index (Phi) is 5.38. The van der Waals surface area contributed by atoms with Crippen LogP contribution < -0.4 is 0 Å². The highest BCUT2D eigenvalue weighted by molar-refractivity contribution is 7.12. The van der Waals surface area contributed by atoms with Crippen molar-refractivity contribution in [1.29, 1.82) is 5.26 Å². The molecular formula is C20H17N3O3S. The van der Waals surface area contributed by atoms with Crippen LogP contribution in [0.15, 0.2) is 48.2 Å². The normalized spacial score (nSPS) is 13.4. The van der Waals surface area contributed by atoms with Gasteiger partial charge in [-0.3, -0.25) is 0 Å². The van der Waals surface area contributed by atoms with Crippen molar-refractivity contribution in [1.82, 2.24) is 9.97 Å². The van der Waals surface area contributed by atoms with Crippen LogP contribution in [0.3, 0.4) is 0 Å². The van der Waals surface area contributed by atoms with Crippen LogP contribution in [0.5, 0.6) is 0 Å². The number of fused-ring (bicyclic) bond motifs is 1. The zero-order valence-electron chi connectivity index (χ0n) is 14.8. The van der Waals surface area contributed by atoms with E-state index < -0.39 is 12.1 Å². The largest absolute Gasteiger partial charge is 0.507 e. The molecule has 136 valence electrons. The van der Waals surface area contributed by atoms with E-state index in [9.17, 15) is 15.2 Å². The van der Waals surface area contributed by atoms with E-state index in [1.54, 1.807) is 23.5 Å². The molecule has 3 aromatic rings. The number of benzene rings is 1. The molecular weight excluding hydrogens is 362 g/mol. The lowest BCUT2D eigenvalue weighted by Gasteiger charge is -2.12. The average molecular weight is 379 g/mol. The van der Waals surface area contributed by atoms with Crippen LogP contribution in [0.4, 0.5) is 0 Å². The molecule has 7 heteroatoms. The number of rotatable bonds is 5. The topological polar surface area (TPSA) is 99.0 Å². The van der Waals surface area contributed by atoms with Crippen molar-refractivity contribution < 1.29 is 14.6 Å². The lowest BCUT2D eigenvalue weighted by Crippen LogP contribution is -2.17. The molecule has 0 saturated heterocycles. The van der Waals surface area contributed by atoms with Crippen molar-refractivity contribution in [3.8, 4) is 6.07 Å². The minimum absolute atomic E-state index is 0.0654. The number of carbonyl (C=O) groups is 1. The zero-order chi connectivity index (χ0) is 19.4. The molecule has 0 aliphatic rings. The Labute approximate surface area is 160 Å². The molecule has 0 radical (unpaired) electrons. The molecule has 0 unspecified atom stereocenters. The number of esters is 1. The average Bonchev–Trinajstić information content (AvgIpc) is 3.26. The lowest BCUT2D eigenvalue weighted by molar-refractivity contribution is -0.141. The maximum Gasteiger partial charge on any atom is 0.331 e. The van der Waals surface area contributed by atoms with E-state index in [0.717, 1.165) is 15.3 Å². The second kappa shape index (κ2) is 7.89. The fourth-order valence-electron chi connectivity index (χ4n) is 2.47. The number of hydrogen-bond donors (Lipinski definition) is 2. The summed E-state index contributed by atoms with van der Waals surface area (Å²) in [6.07, 6.45) is 1.95. The second-order valence-electron chi connectivity index (χ2n) is 5.84. The zero-order valence-corrected chi connectivity index (χ0v) is 15.6. The van der Waals surface area contributed by atoms with Crippen molar-refractivity contribution in [3.63, 3.8) is 0 Å². The number of nitriles is 1. The molecule has 6 nitrogen and oxygen atoms in total. The predicted molar refractivity (Wildman–Crippen MR) is 105 cm³/mol. The first-order valence-corrected chi connectivity index (χ1v) is 9.03. The maximum atomic E-state index is 12.0. The number of thiophene rings is 1. The number of imidazole rings is 1. The molecule has 3 rings (SSSR count). The molecule has 0 aliphatic heterocycles. The molecule has 1 atom stereocenters. The number of aromatic nitrogens is 2. The number of carbonyl (C=O) groups excluding carboxylic acids is 1. The Hall–Kier alpha value is -3.37. The molecule has 0 aliphatic carbocycles. The SMILES string of the molecule is Cc1ccc(/C=C/C(=O)O[C@@H](C)/C(O)=C(\C#N)c2nc3ccccc3[nH]2)s1. The molecule has 2 aromatic heterocycles. The third kappa shape index (κ3) is 4.25. The summed E-state index contributed by atoms with van der Waals surface area (Å²) in [5, 5.41) is 19.8. The van der Waals surface area contributed by atoms with Gasteiger partial charge >= 0.3 is 5.97 Å². The molecule has 0 spiro atoms. The summed E-state index contributed by atoms with van der Waals surface area (Å²) in [7, 11) is 0. The lowest BCUT2D eigenvalue weighted by atomic mass is 10.2. The Morgan fingerprint density at radius 3 is 2.81 bits per heavy atom. The summed E-state index contributed by atoms with van der Waals surface area (Å²) in [6, 6.07) is 13.1. The molecule has 27 heavy (non-hydrogen) atoms. The van der Waals surface area contributed by atoms with Crippen molar-refractivity contribution >= 4 is 40.0 Å². The summed E-state index contributed by atoms with van der Waals surface area (Å²) >= 11 is 1.55. The van der Waals surface area contributed by atoms with Gasteiger partial charge in [0, 0.05) is 15.8 Å². The van der Waals surface area contributed by atoms with Crippen LogP contribution in [0.1, 0.15) is 22.5 Å². The highest BCUT2D eigenvalue weighted by Gasteiger charge is 2.20. The summed E-state index contributed by atoms with van der Waals surface area (Å²) in [5.74, 6) is -0.740. The standard InChI is InChI=1S/C20H17N3O3S/c1-12-7-8-14(27-12)9-10-18(24)26-13(2)19(25)15(11-21)20-22-16-5-3-4-6-17(16)23-20/h3-10,13,25H,1-2H3,(H,22,23)/b10-9+,19-15-/t13-/m0/s1. The van der Waals surface area contributed by atoms with Gasteiger partial charge < -0.3 is 14.8 Å². The van der Waals surface area contributed by atoms with E-state index in [0.29, 0.717) is 5.52 Å². The summed E-state index contributed by atoms with van der Waals surface area (Å²) in [6.45, 7) is 3.48. The Bertz CT molecular complexity index is 1050. The number of nitrogens with one attached hydrogen (secondary N) is 1. The maximum absolute atomic E-state index is 12.0. The number of allylic oxidation sites excluding steroid dienone is 1. The van der Waals surface area contributed by atoms with Crippen molar-refractivity contribution in [3.05, 3.63) is 63.8 Å². The molecule has 1 aromatic carbocycles. The van der Waals surface area contributed by atoms with E-state index in [4.69, 9.17) is 4.74 Å². The number of nitrogens with zero attached hydrogens (tertiary/aromatic N) is 2. The van der Waals surface area contributed by atoms with E-state index >= 15 is 0 Å². The molecule has 0 fully saturated rings. The van der Waals surface area contributed by atoms with Crippen LogP contribution in [0.2, 0.25) is 0 Å². The van der Waals surface area contributed by atoms with E-state index in [1.165, 1.54) is 13.0 Å². The minimum Gasteiger partial charge on any atom is -0.507 e. The summed E-state index contributed by atoms with van der Waals surface area (Å²) in [4.78, 5) is 21.3. The van der Waals surface area contributed by atoms with Crippen LogP contribution in [0.25, 0.3) is 22.7 Å². The third-order valence-electron chi connectivity index (χ3n) is 3.82. The number of ether oxygens (including phenoxy) is 1. The van der Waals surface area contributed by atoms with Crippen LogP contribution in [-0.2, 0) is 9.53 Å². The number of aliphatic hydroxyl groups excluding tert-OH is 1. The van der Waals surface area contributed by atoms with Gasteiger partial charge in [0.2, 0.25) is 0 Å². The third-order valence-corrected chi connectivity index (χ3v) is 4.78. The summed E-state index contributed by atoms with van der Waals surface area (Å²) < 4.78 is 5.20. The van der Waals surface area contributed by atoms with Crippen LogP contribution in [0, 0.1) is 18.3 Å². The van der Waals surface area contributed by atoms with E-state index in [1.807, 2.05) is 43.3 Å². The molecule has 0 bridgehead atoms. The Morgan fingerprint density at radius 1 is 1.37 bits per heavy atom. The number of aliphatic hydroxyl groups is 1. The first kappa shape index (κ1) is 18.4. The van der Waals surface area contributed by atoms with Gasteiger partial charge in [0.05, 0.1) is 11.0 Å². The molecule has 0 amide bonds. The van der Waals surface area contributed by atoms with Gasteiger partial charge in [0.1, 0.15) is 11.6 Å². The predicted octanol–water partition coefficient (Wildman–Crippen LogP) is 4.37. The molecule has 2 N–H and O–H groups in total. The highest BCUT2D eigenvalue weighted by Crippen LogP contribution is 2.21. The quantitative estimate of drug-likeness (QED) is 0.297. The van der Waals surface area contributed by atoms with Crippen molar-refractivity contribution in [2.45, 2.75) is 20.0 Å². The molecule has 0 saturated carbocycles. The molecule has 2 heterocycles. The second-order valence-corrected chi connectivity index (χ2v) is 7.15. The summed E-state index contributed by atoms with van der Waals surface area (Å²) in [5.41, 5.74) is 1.35.